The lowest BCUT2D eigenvalue weighted by Crippen LogP contribution is -2.27. The fourth-order valence-corrected chi connectivity index (χ4v) is 3.80. The van der Waals surface area contributed by atoms with Gasteiger partial charge in [0.2, 0.25) is 0 Å². The molecule has 0 fully saturated rings. The smallest absolute Gasteiger partial charge is 0.0485 e. The fourth-order valence-electron chi connectivity index (χ4n) is 3.26. The van der Waals surface area contributed by atoms with Gasteiger partial charge in [-0.1, -0.05) is 47.1 Å². The number of pyridine rings is 1. The molecular formula is C18H21BrN2. The van der Waals surface area contributed by atoms with Gasteiger partial charge in [0.15, 0.2) is 0 Å². The summed E-state index contributed by atoms with van der Waals surface area (Å²) < 4.78 is 1.18. The molecule has 0 amide bonds. The van der Waals surface area contributed by atoms with Gasteiger partial charge in [-0.2, -0.15) is 0 Å². The molecule has 1 heterocycles. The molecular weight excluding hydrogens is 324 g/mol. The highest BCUT2D eigenvalue weighted by molar-refractivity contribution is 9.10. The quantitative estimate of drug-likeness (QED) is 0.856. The van der Waals surface area contributed by atoms with Crippen LogP contribution in [0.3, 0.4) is 0 Å². The molecule has 2 aromatic rings. The van der Waals surface area contributed by atoms with Gasteiger partial charge >= 0.3 is 0 Å². The van der Waals surface area contributed by atoms with E-state index in [4.69, 9.17) is 0 Å². The van der Waals surface area contributed by atoms with E-state index in [0.717, 1.165) is 19.4 Å². The van der Waals surface area contributed by atoms with E-state index in [1.165, 1.54) is 27.7 Å². The van der Waals surface area contributed by atoms with Gasteiger partial charge in [0.1, 0.15) is 0 Å². The van der Waals surface area contributed by atoms with Crippen molar-refractivity contribution in [3.8, 4) is 0 Å². The van der Waals surface area contributed by atoms with Crippen LogP contribution in [-0.4, -0.2) is 11.5 Å². The molecule has 2 unspecified atom stereocenters. The number of aryl methyl sites for hydroxylation is 1. The second-order valence-corrected chi connectivity index (χ2v) is 6.50. The highest BCUT2D eigenvalue weighted by Gasteiger charge is 2.32. The van der Waals surface area contributed by atoms with E-state index in [2.05, 4.69) is 63.5 Å². The maximum atomic E-state index is 4.67. The van der Waals surface area contributed by atoms with Gasteiger partial charge < -0.3 is 5.32 Å². The molecule has 1 aliphatic rings. The van der Waals surface area contributed by atoms with E-state index in [-0.39, 0.29) is 0 Å². The Morgan fingerprint density at radius 2 is 2.14 bits per heavy atom. The highest BCUT2D eigenvalue weighted by Crippen LogP contribution is 2.42. The summed E-state index contributed by atoms with van der Waals surface area (Å²) in [6.07, 6.45) is 5.38. The number of rotatable bonds is 5. The Labute approximate surface area is 135 Å². The minimum absolute atomic E-state index is 0.330. The number of aromatic nitrogens is 1. The van der Waals surface area contributed by atoms with Crippen LogP contribution in [0.4, 0.5) is 0 Å². The Kier molecular flexibility index (Phi) is 4.71. The summed E-state index contributed by atoms with van der Waals surface area (Å²) in [5.74, 6) is 0.464. The Balaban J connectivity index is 1.96. The van der Waals surface area contributed by atoms with Crippen molar-refractivity contribution >= 4 is 15.9 Å². The molecule has 0 spiro atoms. The highest BCUT2D eigenvalue weighted by atomic mass is 79.9. The molecule has 0 bridgehead atoms. The molecule has 1 N–H and O–H groups in total. The number of nitrogens with zero attached hydrogens (tertiary/aromatic N) is 1. The Bertz CT molecular complexity index is 612. The van der Waals surface area contributed by atoms with Gasteiger partial charge in [-0.3, -0.25) is 4.98 Å². The first-order chi connectivity index (χ1) is 10.3. The minimum Gasteiger partial charge on any atom is -0.309 e. The molecule has 1 aromatic heterocycles. The van der Waals surface area contributed by atoms with Crippen molar-refractivity contribution in [1.29, 1.82) is 0 Å². The minimum atomic E-state index is 0.330. The van der Waals surface area contributed by atoms with Crippen LogP contribution in [0, 0.1) is 0 Å². The van der Waals surface area contributed by atoms with Gasteiger partial charge in [-0.05, 0) is 49.1 Å². The van der Waals surface area contributed by atoms with Crippen LogP contribution in [0.1, 0.15) is 48.5 Å². The van der Waals surface area contributed by atoms with Crippen molar-refractivity contribution in [1.82, 2.24) is 10.3 Å². The predicted octanol–water partition coefficient (Wildman–Crippen LogP) is 4.61. The SMILES string of the molecule is CCCNC(c1ccccc1Br)C1CCc2cccnc21. The molecule has 0 radical (unpaired) electrons. The third-order valence-electron chi connectivity index (χ3n) is 4.26. The second-order valence-electron chi connectivity index (χ2n) is 5.65. The zero-order chi connectivity index (χ0) is 14.7. The molecule has 1 aromatic carbocycles. The van der Waals surface area contributed by atoms with Gasteiger partial charge in [-0.15, -0.1) is 0 Å². The summed E-state index contributed by atoms with van der Waals surface area (Å²) in [6, 6.07) is 13.1. The lowest BCUT2D eigenvalue weighted by molar-refractivity contribution is 0.436. The van der Waals surface area contributed by atoms with Crippen molar-refractivity contribution in [2.45, 2.75) is 38.1 Å². The molecule has 21 heavy (non-hydrogen) atoms. The molecule has 0 saturated heterocycles. The van der Waals surface area contributed by atoms with Crippen molar-refractivity contribution in [2.75, 3.05) is 6.54 Å². The number of hydrogen-bond donors (Lipinski definition) is 1. The lowest BCUT2D eigenvalue weighted by Gasteiger charge is -2.26. The third-order valence-corrected chi connectivity index (χ3v) is 4.98. The van der Waals surface area contributed by atoms with Gasteiger partial charge in [0.05, 0.1) is 0 Å². The van der Waals surface area contributed by atoms with E-state index in [0.29, 0.717) is 12.0 Å². The molecule has 0 aliphatic heterocycles. The van der Waals surface area contributed by atoms with Crippen molar-refractivity contribution < 1.29 is 0 Å². The summed E-state index contributed by atoms with van der Waals surface area (Å²) >= 11 is 3.72. The second kappa shape index (κ2) is 6.71. The first-order valence-corrected chi connectivity index (χ1v) is 8.52. The fraction of sp³-hybridized carbons (Fsp3) is 0.389. The normalized spacial score (nSPS) is 18.5. The molecule has 3 heteroatoms. The number of nitrogens with one attached hydrogen (secondary N) is 1. The van der Waals surface area contributed by atoms with Crippen LogP contribution >= 0.6 is 15.9 Å². The van der Waals surface area contributed by atoms with E-state index < -0.39 is 0 Å². The van der Waals surface area contributed by atoms with Gasteiger partial charge in [0.25, 0.3) is 0 Å². The number of benzene rings is 1. The van der Waals surface area contributed by atoms with Crippen molar-refractivity contribution in [2.24, 2.45) is 0 Å². The molecule has 1 aliphatic carbocycles. The number of hydrogen-bond acceptors (Lipinski definition) is 2. The van der Waals surface area contributed by atoms with E-state index >= 15 is 0 Å². The van der Waals surface area contributed by atoms with Crippen LogP contribution in [0.15, 0.2) is 47.1 Å². The summed E-state index contributed by atoms with van der Waals surface area (Å²) in [6.45, 7) is 3.25. The monoisotopic (exact) mass is 344 g/mol. The van der Waals surface area contributed by atoms with Crippen LogP contribution in [0.2, 0.25) is 0 Å². The Hall–Kier alpha value is -1.19. The van der Waals surface area contributed by atoms with Crippen molar-refractivity contribution in [3.63, 3.8) is 0 Å². The average molecular weight is 345 g/mol. The van der Waals surface area contributed by atoms with Crippen LogP contribution in [-0.2, 0) is 6.42 Å². The average Bonchev–Trinajstić information content (AvgIpc) is 2.93. The van der Waals surface area contributed by atoms with Gasteiger partial charge in [0, 0.05) is 28.3 Å². The summed E-state index contributed by atoms with van der Waals surface area (Å²) in [7, 11) is 0. The zero-order valence-corrected chi connectivity index (χ0v) is 13.9. The molecule has 110 valence electrons. The largest absolute Gasteiger partial charge is 0.309 e. The summed E-state index contributed by atoms with van der Waals surface area (Å²) in [5.41, 5.74) is 4.04. The van der Waals surface area contributed by atoms with Crippen LogP contribution < -0.4 is 5.32 Å². The Morgan fingerprint density at radius 3 is 2.95 bits per heavy atom. The van der Waals surface area contributed by atoms with Gasteiger partial charge in [-0.25, -0.2) is 0 Å². The first kappa shape index (κ1) is 14.7. The van der Waals surface area contributed by atoms with E-state index in [9.17, 15) is 0 Å². The summed E-state index contributed by atoms with van der Waals surface area (Å²) in [5, 5.41) is 3.74. The standard InChI is InChI=1S/C18H21BrN2/c1-2-11-20-18(14-7-3-4-8-16(14)19)15-10-9-13-6-5-12-21-17(13)15/h3-8,12,15,18,20H,2,9-11H2,1H3. The van der Waals surface area contributed by atoms with Crippen LogP contribution in [0.5, 0.6) is 0 Å². The maximum Gasteiger partial charge on any atom is 0.0485 e. The predicted molar refractivity (Wildman–Crippen MR) is 90.5 cm³/mol. The molecule has 2 nitrogen and oxygen atoms in total. The zero-order valence-electron chi connectivity index (χ0n) is 12.3. The maximum absolute atomic E-state index is 4.67. The van der Waals surface area contributed by atoms with Crippen LogP contribution in [0.25, 0.3) is 0 Å². The summed E-state index contributed by atoms with van der Waals surface area (Å²) in [4.78, 5) is 4.67. The third kappa shape index (κ3) is 3.04. The Morgan fingerprint density at radius 1 is 1.29 bits per heavy atom. The van der Waals surface area contributed by atoms with Crippen molar-refractivity contribution in [3.05, 3.63) is 63.9 Å². The number of fused-ring (bicyclic) bond motifs is 1. The molecule has 2 atom stereocenters. The lowest BCUT2D eigenvalue weighted by atomic mass is 9.90. The topological polar surface area (TPSA) is 24.9 Å². The first-order valence-electron chi connectivity index (χ1n) is 7.73. The van der Waals surface area contributed by atoms with E-state index in [1.54, 1.807) is 0 Å². The number of halogens is 1. The van der Waals surface area contributed by atoms with E-state index in [1.807, 2.05) is 12.3 Å². The molecule has 3 rings (SSSR count). The molecule has 0 saturated carbocycles.